The number of carbonyl (C=O) groups is 1. The minimum Gasteiger partial charge on any atom is -0.477 e. The molecule has 128 valence electrons. The topological polar surface area (TPSA) is 64.5 Å². The summed E-state index contributed by atoms with van der Waals surface area (Å²) in [5, 5.41) is 0.696. The highest BCUT2D eigenvalue weighted by Gasteiger charge is 2.28. The predicted octanol–water partition coefficient (Wildman–Crippen LogP) is 3.22. The molecule has 1 amide bonds. The maximum absolute atomic E-state index is 12.2. The van der Waals surface area contributed by atoms with Crippen LogP contribution in [-0.2, 0) is 4.74 Å². The number of amides is 1. The van der Waals surface area contributed by atoms with Gasteiger partial charge in [-0.25, -0.2) is 9.78 Å². The maximum Gasteiger partial charge on any atom is 0.410 e. The van der Waals surface area contributed by atoms with Crippen LogP contribution in [0.5, 0.6) is 5.88 Å². The second kappa shape index (κ2) is 7.86. The summed E-state index contributed by atoms with van der Waals surface area (Å²) in [6, 6.07) is 1.76. The molecule has 0 aromatic carbocycles. The number of likely N-dealkylation sites (tertiary alicyclic amines) is 1. The van der Waals surface area contributed by atoms with Crippen LogP contribution >= 0.6 is 11.8 Å². The van der Waals surface area contributed by atoms with Crippen LogP contribution in [-0.4, -0.2) is 52.5 Å². The van der Waals surface area contributed by atoms with Crippen LogP contribution in [0, 0.1) is 5.92 Å². The largest absolute Gasteiger partial charge is 0.477 e. The van der Waals surface area contributed by atoms with E-state index in [1.807, 2.05) is 27.0 Å². The monoisotopic (exact) mass is 339 g/mol. The zero-order valence-corrected chi connectivity index (χ0v) is 15.1. The first-order valence-corrected chi connectivity index (χ1v) is 9.07. The van der Waals surface area contributed by atoms with Crippen molar-refractivity contribution in [3.8, 4) is 5.88 Å². The summed E-state index contributed by atoms with van der Waals surface area (Å²) in [5.74, 6) is 0.878. The Morgan fingerprint density at radius 1 is 1.48 bits per heavy atom. The molecule has 0 N–H and O–H groups in total. The summed E-state index contributed by atoms with van der Waals surface area (Å²) in [6.07, 6.45) is 5.39. The van der Waals surface area contributed by atoms with Crippen LogP contribution in [0.25, 0.3) is 0 Å². The number of hydrogen-bond acceptors (Lipinski definition) is 6. The molecule has 6 nitrogen and oxygen atoms in total. The zero-order valence-electron chi connectivity index (χ0n) is 14.2. The molecule has 2 rings (SSSR count). The Bertz CT molecular complexity index is 534. The number of rotatable bonds is 4. The number of thioether (sulfide) groups is 1. The van der Waals surface area contributed by atoms with E-state index in [4.69, 9.17) is 9.47 Å². The zero-order chi connectivity index (χ0) is 16.9. The molecule has 1 aliphatic rings. The quantitative estimate of drug-likeness (QED) is 0.620. The van der Waals surface area contributed by atoms with Crippen LogP contribution < -0.4 is 4.74 Å². The van der Waals surface area contributed by atoms with E-state index in [0.29, 0.717) is 30.1 Å². The van der Waals surface area contributed by atoms with Crippen LogP contribution in [0.1, 0.15) is 33.6 Å². The number of nitrogens with zero attached hydrogens (tertiary/aromatic N) is 3. The first-order chi connectivity index (χ1) is 10.9. The first-order valence-electron chi connectivity index (χ1n) is 7.85. The lowest BCUT2D eigenvalue weighted by atomic mass is 9.99. The van der Waals surface area contributed by atoms with E-state index in [1.54, 1.807) is 17.2 Å². The minimum absolute atomic E-state index is 0.242. The molecule has 1 saturated heterocycles. The Morgan fingerprint density at radius 3 is 2.96 bits per heavy atom. The third-order valence-electron chi connectivity index (χ3n) is 3.43. The van der Waals surface area contributed by atoms with Crippen molar-refractivity contribution in [2.45, 2.75) is 44.4 Å². The number of ether oxygens (including phenoxy) is 2. The smallest absolute Gasteiger partial charge is 0.410 e. The van der Waals surface area contributed by atoms with E-state index in [1.165, 1.54) is 11.8 Å². The van der Waals surface area contributed by atoms with Crippen LogP contribution in [0.4, 0.5) is 4.79 Å². The summed E-state index contributed by atoms with van der Waals surface area (Å²) in [4.78, 5) is 22.4. The van der Waals surface area contributed by atoms with Gasteiger partial charge in [0.1, 0.15) is 5.60 Å². The van der Waals surface area contributed by atoms with Gasteiger partial charge in [0.05, 0.1) is 6.61 Å². The van der Waals surface area contributed by atoms with Gasteiger partial charge in [0, 0.05) is 31.3 Å². The summed E-state index contributed by atoms with van der Waals surface area (Å²) in [7, 11) is 0. The van der Waals surface area contributed by atoms with Gasteiger partial charge >= 0.3 is 6.09 Å². The number of carbonyl (C=O) groups excluding carboxylic acids is 1. The van der Waals surface area contributed by atoms with Crippen molar-refractivity contribution in [3.63, 3.8) is 0 Å². The molecule has 0 spiro atoms. The Balaban J connectivity index is 1.85. The third-order valence-corrected chi connectivity index (χ3v) is 3.99. The summed E-state index contributed by atoms with van der Waals surface area (Å²) in [6.45, 7) is 7.60. The molecule has 0 saturated carbocycles. The predicted molar refractivity (Wildman–Crippen MR) is 89.8 cm³/mol. The number of aromatic nitrogens is 2. The highest BCUT2D eigenvalue weighted by Crippen LogP contribution is 2.21. The Hall–Kier alpha value is -1.50. The number of hydrogen-bond donors (Lipinski definition) is 0. The Labute approximate surface area is 142 Å². The average molecular weight is 339 g/mol. The fourth-order valence-corrected chi connectivity index (χ4v) is 2.75. The molecule has 1 fully saturated rings. The minimum atomic E-state index is -0.463. The molecular weight excluding hydrogens is 314 g/mol. The molecule has 1 unspecified atom stereocenters. The van der Waals surface area contributed by atoms with E-state index in [0.717, 1.165) is 19.4 Å². The highest BCUT2D eigenvalue weighted by atomic mass is 32.2. The van der Waals surface area contributed by atoms with Crippen molar-refractivity contribution < 1.29 is 14.3 Å². The van der Waals surface area contributed by atoms with Gasteiger partial charge in [-0.15, -0.1) is 0 Å². The Kier molecular flexibility index (Phi) is 6.10. The van der Waals surface area contributed by atoms with Gasteiger partial charge in [-0.1, -0.05) is 11.8 Å². The second-order valence-electron chi connectivity index (χ2n) is 6.63. The molecule has 2 heterocycles. The van der Waals surface area contributed by atoms with Crippen molar-refractivity contribution in [2.75, 3.05) is 26.0 Å². The highest BCUT2D eigenvalue weighted by molar-refractivity contribution is 7.98. The van der Waals surface area contributed by atoms with Gasteiger partial charge < -0.3 is 14.4 Å². The molecule has 0 bridgehead atoms. The molecule has 1 aromatic rings. The SMILES string of the molecule is CSc1nccc(OCC2CCCN(C(=O)OC(C)(C)C)C2)n1. The first kappa shape index (κ1) is 17.8. The van der Waals surface area contributed by atoms with Crippen molar-refractivity contribution in [1.29, 1.82) is 0 Å². The van der Waals surface area contributed by atoms with Crippen molar-refractivity contribution >= 4 is 17.9 Å². The van der Waals surface area contributed by atoms with Gasteiger partial charge in [-0.05, 0) is 39.9 Å². The van der Waals surface area contributed by atoms with Gasteiger partial charge in [-0.2, -0.15) is 4.98 Å². The average Bonchev–Trinajstić information content (AvgIpc) is 2.52. The molecule has 7 heteroatoms. The van der Waals surface area contributed by atoms with E-state index < -0.39 is 5.60 Å². The second-order valence-corrected chi connectivity index (χ2v) is 7.40. The molecule has 1 aliphatic heterocycles. The van der Waals surface area contributed by atoms with E-state index in [-0.39, 0.29) is 6.09 Å². The molecule has 0 aliphatic carbocycles. The molecule has 0 radical (unpaired) electrons. The molecular formula is C16H25N3O3S. The van der Waals surface area contributed by atoms with Gasteiger partial charge in [-0.3, -0.25) is 0 Å². The van der Waals surface area contributed by atoms with Gasteiger partial charge in [0.15, 0.2) is 5.16 Å². The standard InChI is InChI=1S/C16H25N3O3S/c1-16(2,3)22-15(20)19-9-5-6-12(10-19)11-21-13-7-8-17-14(18-13)23-4/h7-8,12H,5-6,9-11H2,1-4H3. The fourth-order valence-electron chi connectivity index (χ4n) is 2.40. The maximum atomic E-state index is 12.2. The third kappa shape index (κ3) is 5.89. The molecule has 1 aromatic heterocycles. The van der Waals surface area contributed by atoms with E-state index >= 15 is 0 Å². The van der Waals surface area contributed by atoms with Gasteiger partial charge in [0.2, 0.25) is 5.88 Å². The van der Waals surface area contributed by atoms with Crippen molar-refractivity contribution in [3.05, 3.63) is 12.3 Å². The Morgan fingerprint density at radius 2 is 2.26 bits per heavy atom. The summed E-state index contributed by atoms with van der Waals surface area (Å²) < 4.78 is 11.2. The lowest BCUT2D eigenvalue weighted by Crippen LogP contribution is -2.44. The van der Waals surface area contributed by atoms with Crippen LogP contribution in [0.3, 0.4) is 0 Å². The molecule has 23 heavy (non-hydrogen) atoms. The van der Waals surface area contributed by atoms with Crippen LogP contribution in [0.2, 0.25) is 0 Å². The van der Waals surface area contributed by atoms with Crippen molar-refractivity contribution in [1.82, 2.24) is 14.9 Å². The summed E-state index contributed by atoms with van der Waals surface area (Å²) in [5.41, 5.74) is -0.463. The fraction of sp³-hybridized carbons (Fsp3) is 0.688. The van der Waals surface area contributed by atoms with Crippen LogP contribution in [0.15, 0.2) is 17.4 Å². The lowest BCUT2D eigenvalue weighted by Gasteiger charge is -2.33. The summed E-state index contributed by atoms with van der Waals surface area (Å²) >= 11 is 1.48. The number of piperidine rings is 1. The van der Waals surface area contributed by atoms with E-state index in [2.05, 4.69) is 9.97 Å². The molecule has 1 atom stereocenters. The normalized spacial score (nSPS) is 18.6. The van der Waals surface area contributed by atoms with Crippen molar-refractivity contribution in [2.24, 2.45) is 5.92 Å². The lowest BCUT2D eigenvalue weighted by molar-refractivity contribution is 0.0138. The van der Waals surface area contributed by atoms with E-state index in [9.17, 15) is 4.79 Å². The van der Waals surface area contributed by atoms with Gasteiger partial charge in [0.25, 0.3) is 0 Å².